The molecule has 0 atom stereocenters. The molecule has 7 heavy (non-hydrogen) atoms. The van der Waals surface area contributed by atoms with Crippen molar-refractivity contribution in [1.82, 2.24) is 0 Å². The van der Waals surface area contributed by atoms with Crippen LogP contribution in [0.3, 0.4) is 0 Å². The lowest BCUT2D eigenvalue weighted by Gasteiger charge is -1.82. The lowest BCUT2D eigenvalue weighted by Crippen LogP contribution is -1.73. The van der Waals surface area contributed by atoms with Crippen molar-refractivity contribution in [1.29, 1.82) is 0 Å². The lowest BCUT2D eigenvalue weighted by molar-refractivity contribution is 1.78. The molecule has 0 fully saturated rings. The van der Waals surface area contributed by atoms with E-state index in [1.54, 1.807) is 11.8 Å². The van der Waals surface area contributed by atoms with Crippen LogP contribution in [0.25, 0.3) is 0 Å². The topological polar surface area (TPSA) is 0 Å². The minimum Gasteiger partial charge on any atom is -0.118 e. The molecule has 0 aromatic rings. The third kappa shape index (κ3) is 4.02. The van der Waals surface area contributed by atoms with Crippen LogP contribution in [0.5, 0.6) is 0 Å². The van der Waals surface area contributed by atoms with Crippen molar-refractivity contribution in [2.75, 3.05) is 6.26 Å². The van der Waals surface area contributed by atoms with Crippen LogP contribution in [0.15, 0.2) is 12.2 Å². The average molecular weight is 132 g/mol. The summed E-state index contributed by atoms with van der Waals surface area (Å²) in [6, 6.07) is 0. The van der Waals surface area contributed by atoms with E-state index in [9.17, 15) is 0 Å². The summed E-state index contributed by atoms with van der Waals surface area (Å²) in [7, 11) is 0. The van der Waals surface area contributed by atoms with Gasteiger partial charge in [0.1, 0.15) is 0 Å². The van der Waals surface area contributed by atoms with Crippen molar-refractivity contribution in [3.63, 3.8) is 0 Å². The Labute approximate surface area is 54.0 Å². The van der Waals surface area contributed by atoms with Crippen molar-refractivity contribution in [2.45, 2.75) is 6.92 Å². The average Bonchev–Trinajstić information content (AvgIpc) is 1.68. The van der Waals surface area contributed by atoms with Crippen molar-refractivity contribution in [2.24, 2.45) is 0 Å². The van der Waals surface area contributed by atoms with Gasteiger partial charge in [0.05, 0.1) is 4.20 Å². The summed E-state index contributed by atoms with van der Waals surface area (Å²) in [4.78, 5) is 0. The minimum absolute atomic E-state index is 0.947. The normalized spacial score (nSPS) is 10.0. The van der Waals surface area contributed by atoms with Gasteiger partial charge in [0, 0.05) is 0 Å². The van der Waals surface area contributed by atoms with Gasteiger partial charge in [-0.05, 0) is 19.3 Å². The van der Waals surface area contributed by atoms with Crippen LogP contribution in [-0.2, 0) is 0 Å². The number of thioether (sulfide) groups is 1. The van der Waals surface area contributed by atoms with Crippen LogP contribution in [0, 0.1) is 0 Å². The van der Waals surface area contributed by atoms with E-state index in [2.05, 4.69) is 0 Å². The standard InChI is InChI=1S/C5H8S2/c1-3-4-5(6)7-2/h3-4H,1-2H3/b4-3-. The number of rotatable bonds is 1. The maximum absolute atomic E-state index is 4.83. The Balaban J connectivity index is 3.37. The quantitative estimate of drug-likeness (QED) is 0.396. The van der Waals surface area contributed by atoms with E-state index in [4.69, 9.17) is 12.2 Å². The Bertz CT molecular complexity index is 84.1. The summed E-state index contributed by atoms with van der Waals surface area (Å²) >= 11 is 6.42. The molecule has 0 unspecified atom stereocenters. The first-order valence-corrected chi connectivity index (χ1v) is 3.65. The van der Waals surface area contributed by atoms with E-state index in [0.29, 0.717) is 0 Å². The number of allylic oxidation sites excluding steroid dienone is 1. The van der Waals surface area contributed by atoms with Crippen LogP contribution in [-0.4, -0.2) is 10.5 Å². The summed E-state index contributed by atoms with van der Waals surface area (Å²) < 4.78 is 0.947. The molecular weight excluding hydrogens is 124 g/mol. The fraction of sp³-hybridized carbons (Fsp3) is 0.400. The SMILES string of the molecule is C/C=C\C(=S)SC. The van der Waals surface area contributed by atoms with Crippen molar-refractivity contribution in [3.8, 4) is 0 Å². The molecule has 0 spiro atoms. The third-order valence-corrected chi connectivity index (χ3v) is 1.68. The molecule has 0 rings (SSSR count). The second-order valence-corrected chi connectivity index (χ2v) is 2.57. The number of thiocarbonyl (C=S) groups is 1. The van der Waals surface area contributed by atoms with E-state index in [1.807, 2.05) is 25.3 Å². The summed E-state index contributed by atoms with van der Waals surface area (Å²) in [6.45, 7) is 1.96. The highest BCUT2D eigenvalue weighted by molar-refractivity contribution is 8.23. The molecule has 40 valence electrons. The molecule has 0 heterocycles. The molecular formula is C5H8S2. The van der Waals surface area contributed by atoms with Gasteiger partial charge < -0.3 is 0 Å². The summed E-state index contributed by atoms with van der Waals surface area (Å²) in [6.07, 6.45) is 5.83. The summed E-state index contributed by atoms with van der Waals surface area (Å²) in [5.74, 6) is 0. The molecule has 0 radical (unpaired) electrons. The predicted octanol–water partition coefficient (Wildman–Crippen LogP) is 2.25. The summed E-state index contributed by atoms with van der Waals surface area (Å²) in [5.41, 5.74) is 0. The maximum Gasteiger partial charge on any atom is 0.0699 e. The highest BCUT2D eigenvalue weighted by Crippen LogP contribution is 1.97. The molecule has 0 aliphatic heterocycles. The van der Waals surface area contributed by atoms with Gasteiger partial charge in [-0.25, -0.2) is 0 Å². The van der Waals surface area contributed by atoms with E-state index in [-0.39, 0.29) is 0 Å². The van der Waals surface area contributed by atoms with Crippen LogP contribution in [0.1, 0.15) is 6.92 Å². The zero-order valence-electron chi connectivity index (χ0n) is 4.47. The zero-order chi connectivity index (χ0) is 5.70. The Kier molecular flexibility index (Phi) is 4.45. The first-order chi connectivity index (χ1) is 3.31. The van der Waals surface area contributed by atoms with Gasteiger partial charge in [-0.15, -0.1) is 11.8 Å². The Morgan fingerprint density at radius 3 is 2.43 bits per heavy atom. The van der Waals surface area contributed by atoms with E-state index >= 15 is 0 Å². The zero-order valence-corrected chi connectivity index (χ0v) is 6.10. The maximum atomic E-state index is 4.83. The number of hydrogen-bond donors (Lipinski definition) is 0. The molecule has 0 saturated heterocycles. The fourth-order valence-electron chi connectivity index (χ4n) is 0.204. The van der Waals surface area contributed by atoms with Crippen LogP contribution in [0.2, 0.25) is 0 Å². The van der Waals surface area contributed by atoms with Gasteiger partial charge in [0.25, 0.3) is 0 Å². The van der Waals surface area contributed by atoms with E-state index < -0.39 is 0 Å². The van der Waals surface area contributed by atoms with Gasteiger partial charge in [-0.1, -0.05) is 18.3 Å². The monoisotopic (exact) mass is 132 g/mol. The van der Waals surface area contributed by atoms with Gasteiger partial charge >= 0.3 is 0 Å². The second kappa shape index (κ2) is 4.34. The van der Waals surface area contributed by atoms with Crippen molar-refractivity contribution in [3.05, 3.63) is 12.2 Å². The predicted molar refractivity (Wildman–Crippen MR) is 40.9 cm³/mol. The number of hydrogen-bond acceptors (Lipinski definition) is 2. The highest BCUT2D eigenvalue weighted by Gasteiger charge is 1.78. The lowest BCUT2D eigenvalue weighted by atomic mass is 10.6. The molecule has 0 saturated carbocycles. The van der Waals surface area contributed by atoms with Crippen LogP contribution >= 0.6 is 24.0 Å². The fourth-order valence-corrected chi connectivity index (χ4v) is 0.612. The van der Waals surface area contributed by atoms with Gasteiger partial charge in [-0.2, -0.15) is 0 Å². The van der Waals surface area contributed by atoms with E-state index in [1.165, 1.54) is 0 Å². The van der Waals surface area contributed by atoms with Gasteiger partial charge in [0.15, 0.2) is 0 Å². The highest BCUT2D eigenvalue weighted by atomic mass is 32.2. The van der Waals surface area contributed by atoms with Crippen LogP contribution in [0.4, 0.5) is 0 Å². The largest absolute Gasteiger partial charge is 0.118 e. The third-order valence-electron chi connectivity index (χ3n) is 0.504. The van der Waals surface area contributed by atoms with Gasteiger partial charge in [-0.3, -0.25) is 0 Å². The molecule has 0 nitrogen and oxygen atoms in total. The second-order valence-electron chi connectivity index (χ2n) is 1.02. The Hall–Kier alpha value is 0.180. The van der Waals surface area contributed by atoms with Gasteiger partial charge in [0.2, 0.25) is 0 Å². The van der Waals surface area contributed by atoms with Crippen molar-refractivity contribution < 1.29 is 0 Å². The van der Waals surface area contributed by atoms with Crippen molar-refractivity contribution >= 4 is 28.2 Å². The first kappa shape index (κ1) is 7.18. The van der Waals surface area contributed by atoms with E-state index in [0.717, 1.165) is 4.20 Å². The molecule has 0 amide bonds. The first-order valence-electron chi connectivity index (χ1n) is 2.02. The summed E-state index contributed by atoms with van der Waals surface area (Å²) in [5, 5.41) is 0. The molecule has 0 N–H and O–H groups in total. The molecule has 0 aromatic carbocycles. The minimum atomic E-state index is 0.947. The molecule has 0 bridgehead atoms. The molecule has 0 aromatic heterocycles. The Morgan fingerprint density at radius 1 is 1.71 bits per heavy atom. The molecule has 2 heteroatoms. The Morgan fingerprint density at radius 2 is 2.29 bits per heavy atom. The smallest absolute Gasteiger partial charge is 0.0699 e. The molecule has 0 aliphatic carbocycles. The van der Waals surface area contributed by atoms with Crippen LogP contribution < -0.4 is 0 Å². The molecule has 0 aliphatic rings.